The van der Waals surface area contributed by atoms with Crippen molar-refractivity contribution in [2.45, 2.75) is 284 Å². The Labute approximate surface area is 366 Å². The minimum Gasteiger partial charge on any atom is -0.462 e. The van der Waals surface area contributed by atoms with Gasteiger partial charge in [0, 0.05) is 19.3 Å². The second kappa shape index (κ2) is 48.6. The normalized spacial score (nSPS) is 12.1. The minimum atomic E-state index is -0.770. The summed E-state index contributed by atoms with van der Waals surface area (Å²) in [6, 6.07) is 0. The predicted molar refractivity (Wildman–Crippen MR) is 252 cm³/mol. The Bertz CT molecular complexity index is 958. The second-order valence-electron chi connectivity index (χ2n) is 17.4. The lowest BCUT2D eigenvalue weighted by Crippen LogP contribution is -2.30. The van der Waals surface area contributed by atoms with Gasteiger partial charge in [0.1, 0.15) is 13.2 Å². The van der Waals surface area contributed by atoms with E-state index in [1.807, 2.05) is 0 Å². The van der Waals surface area contributed by atoms with Crippen molar-refractivity contribution < 1.29 is 28.6 Å². The molecule has 0 radical (unpaired) electrons. The largest absolute Gasteiger partial charge is 0.462 e. The Hall–Kier alpha value is -2.11. The van der Waals surface area contributed by atoms with Gasteiger partial charge < -0.3 is 14.2 Å². The summed E-state index contributed by atoms with van der Waals surface area (Å²) >= 11 is 0. The molecule has 0 aliphatic heterocycles. The molecule has 6 heteroatoms. The van der Waals surface area contributed by atoms with Crippen LogP contribution in [0.3, 0.4) is 0 Å². The molecule has 0 aliphatic carbocycles. The van der Waals surface area contributed by atoms with E-state index < -0.39 is 6.10 Å². The maximum absolute atomic E-state index is 12.8. The maximum atomic E-state index is 12.8. The number of esters is 3. The Morgan fingerprint density at radius 1 is 0.322 bits per heavy atom. The Balaban J connectivity index is 4.34. The van der Waals surface area contributed by atoms with Crippen molar-refractivity contribution in [3.63, 3.8) is 0 Å². The number of hydrogen-bond donors (Lipinski definition) is 0. The van der Waals surface area contributed by atoms with Crippen LogP contribution in [0.2, 0.25) is 0 Å². The van der Waals surface area contributed by atoms with E-state index in [0.29, 0.717) is 19.3 Å². The standard InChI is InChI=1S/C53H98O6/c1-4-7-10-13-16-19-22-24-26-28-31-34-37-40-43-46-52(55)58-49-50(48-57-51(54)45-42-39-36-33-30-21-18-15-12-9-6-3)59-53(56)47-44-41-38-35-32-29-27-25-23-20-17-14-11-8-5-2/h15,18-19,22,50H,4-14,16-17,20-21,23-49H2,1-3H3/b18-15-,22-19-. The Morgan fingerprint density at radius 2 is 0.576 bits per heavy atom. The zero-order chi connectivity index (χ0) is 43.0. The highest BCUT2D eigenvalue weighted by Gasteiger charge is 2.19. The SMILES string of the molecule is CCCC/C=C\CCCCCCCC(=O)OCC(COC(=O)CCCCCCCCC/C=C\CCCCCC)OC(=O)CCCCCCCCCCCCCCCCC. The number of ether oxygens (including phenoxy) is 3. The predicted octanol–water partition coefficient (Wildman–Crippen LogP) is 16.8. The minimum absolute atomic E-state index is 0.0726. The van der Waals surface area contributed by atoms with E-state index in [4.69, 9.17) is 14.2 Å². The average Bonchev–Trinajstić information content (AvgIpc) is 3.23. The first-order chi connectivity index (χ1) is 29.0. The number of allylic oxidation sites excluding steroid dienone is 4. The molecule has 59 heavy (non-hydrogen) atoms. The van der Waals surface area contributed by atoms with Crippen LogP contribution in [0, 0.1) is 0 Å². The van der Waals surface area contributed by atoms with E-state index >= 15 is 0 Å². The van der Waals surface area contributed by atoms with Crippen LogP contribution >= 0.6 is 0 Å². The van der Waals surface area contributed by atoms with Gasteiger partial charge >= 0.3 is 17.9 Å². The summed E-state index contributed by atoms with van der Waals surface area (Å²) < 4.78 is 16.8. The summed E-state index contributed by atoms with van der Waals surface area (Å²) in [6.45, 7) is 6.60. The first-order valence-electron chi connectivity index (χ1n) is 25.8. The van der Waals surface area contributed by atoms with Crippen LogP contribution in [0.15, 0.2) is 24.3 Å². The average molecular weight is 831 g/mol. The number of carbonyl (C=O) groups excluding carboxylic acids is 3. The molecule has 6 nitrogen and oxygen atoms in total. The van der Waals surface area contributed by atoms with Crippen LogP contribution in [-0.2, 0) is 28.6 Å². The van der Waals surface area contributed by atoms with E-state index in [1.54, 1.807) is 0 Å². The van der Waals surface area contributed by atoms with Crippen LogP contribution < -0.4 is 0 Å². The molecule has 0 rings (SSSR count). The van der Waals surface area contributed by atoms with Gasteiger partial charge in [0.05, 0.1) is 0 Å². The van der Waals surface area contributed by atoms with Crippen LogP contribution in [0.4, 0.5) is 0 Å². The van der Waals surface area contributed by atoms with E-state index in [9.17, 15) is 14.4 Å². The summed E-state index contributed by atoms with van der Waals surface area (Å²) in [7, 11) is 0. The van der Waals surface area contributed by atoms with Gasteiger partial charge in [-0.2, -0.15) is 0 Å². The third kappa shape index (κ3) is 46.8. The molecular formula is C53H98O6. The van der Waals surface area contributed by atoms with E-state index in [0.717, 1.165) is 64.2 Å². The fraction of sp³-hybridized carbons (Fsp3) is 0.868. The van der Waals surface area contributed by atoms with Gasteiger partial charge in [0.15, 0.2) is 6.10 Å². The van der Waals surface area contributed by atoms with E-state index in [1.165, 1.54) is 173 Å². The summed E-state index contributed by atoms with van der Waals surface area (Å²) in [5, 5.41) is 0. The van der Waals surface area contributed by atoms with Gasteiger partial charge in [0.25, 0.3) is 0 Å². The molecule has 0 aliphatic rings. The molecule has 0 bridgehead atoms. The van der Waals surface area contributed by atoms with Gasteiger partial charge in [-0.15, -0.1) is 0 Å². The van der Waals surface area contributed by atoms with Gasteiger partial charge in [-0.1, -0.05) is 218 Å². The quantitative estimate of drug-likeness (QED) is 0.0263. The number of rotatable bonds is 47. The lowest BCUT2D eigenvalue weighted by molar-refractivity contribution is -0.167. The molecule has 1 unspecified atom stereocenters. The highest BCUT2D eigenvalue weighted by atomic mass is 16.6. The topological polar surface area (TPSA) is 78.9 Å². The number of carbonyl (C=O) groups is 3. The third-order valence-electron chi connectivity index (χ3n) is 11.4. The molecular weight excluding hydrogens is 733 g/mol. The Kier molecular flexibility index (Phi) is 46.8. The van der Waals surface area contributed by atoms with Crippen molar-refractivity contribution in [3.8, 4) is 0 Å². The van der Waals surface area contributed by atoms with Crippen molar-refractivity contribution in [2.75, 3.05) is 13.2 Å². The molecule has 0 N–H and O–H groups in total. The van der Waals surface area contributed by atoms with Crippen molar-refractivity contribution in [3.05, 3.63) is 24.3 Å². The zero-order valence-electron chi connectivity index (χ0n) is 39.5. The van der Waals surface area contributed by atoms with E-state index in [-0.39, 0.29) is 31.1 Å². The third-order valence-corrected chi connectivity index (χ3v) is 11.4. The molecule has 0 saturated heterocycles. The smallest absolute Gasteiger partial charge is 0.306 e. The summed E-state index contributed by atoms with van der Waals surface area (Å²) in [5.41, 5.74) is 0. The van der Waals surface area contributed by atoms with Crippen molar-refractivity contribution >= 4 is 17.9 Å². The lowest BCUT2D eigenvalue weighted by atomic mass is 10.0. The number of unbranched alkanes of at least 4 members (excludes halogenated alkanes) is 32. The highest BCUT2D eigenvalue weighted by molar-refractivity contribution is 5.71. The molecule has 0 aromatic rings. The van der Waals surface area contributed by atoms with E-state index in [2.05, 4.69) is 45.1 Å². The maximum Gasteiger partial charge on any atom is 0.306 e. The van der Waals surface area contributed by atoms with Crippen LogP contribution in [0.25, 0.3) is 0 Å². The van der Waals surface area contributed by atoms with Gasteiger partial charge in [-0.3, -0.25) is 14.4 Å². The molecule has 0 saturated carbocycles. The van der Waals surface area contributed by atoms with Crippen molar-refractivity contribution in [1.29, 1.82) is 0 Å². The highest BCUT2D eigenvalue weighted by Crippen LogP contribution is 2.16. The Morgan fingerprint density at radius 3 is 0.915 bits per heavy atom. The summed E-state index contributed by atoms with van der Waals surface area (Å²) in [4.78, 5) is 37.9. The molecule has 0 aromatic heterocycles. The van der Waals surface area contributed by atoms with Gasteiger partial charge in [-0.25, -0.2) is 0 Å². The number of hydrogen-bond acceptors (Lipinski definition) is 6. The molecule has 0 fully saturated rings. The van der Waals surface area contributed by atoms with Crippen LogP contribution in [0.1, 0.15) is 278 Å². The van der Waals surface area contributed by atoms with Crippen LogP contribution in [0.5, 0.6) is 0 Å². The molecule has 0 spiro atoms. The fourth-order valence-electron chi connectivity index (χ4n) is 7.48. The monoisotopic (exact) mass is 831 g/mol. The first-order valence-corrected chi connectivity index (χ1v) is 25.8. The van der Waals surface area contributed by atoms with Gasteiger partial charge in [-0.05, 0) is 64.2 Å². The van der Waals surface area contributed by atoms with Crippen molar-refractivity contribution in [2.24, 2.45) is 0 Å². The summed E-state index contributed by atoms with van der Waals surface area (Å²) in [5.74, 6) is -0.874. The second-order valence-corrected chi connectivity index (χ2v) is 17.4. The summed E-state index contributed by atoms with van der Waals surface area (Å²) in [6.07, 6.45) is 54.4. The van der Waals surface area contributed by atoms with Gasteiger partial charge in [0.2, 0.25) is 0 Å². The first kappa shape index (κ1) is 56.9. The molecule has 0 aromatic carbocycles. The molecule has 0 heterocycles. The van der Waals surface area contributed by atoms with Crippen molar-refractivity contribution in [1.82, 2.24) is 0 Å². The zero-order valence-corrected chi connectivity index (χ0v) is 39.5. The fourth-order valence-corrected chi connectivity index (χ4v) is 7.48. The van der Waals surface area contributed by atoms with Crippen LogP contribution in [-0.4, -0.2) is 37.2 Å². The molecule has 0 amide bonds. The lowest BCUT2D eigenvalue weighted by Gasteiger charge is -2.18. The molecule has 346 valence electrons. The molecule has 1 atom stereocenters.